The molecule has 0 atom stereocenters. The Morgan fingerprint density at radius 3 is 2.85 bits per heavy atom. The lowest BCUT2D eigenvalue weighted by atomic mass is 10.4. The van der Waals surface area contributed by atoms with Gasteiger partial charge in [-0.25, -0.2) is 4.79 Å². The van der Waals surface area contributed by atoms with Crippen LogP contribution in [0.5, 0.6) is 5.06 Å². The van der Waals surface area contributed by atoms with E-state index >= 15 is 0 Å². The topological polar surface area (TPSA) is 49.8 Å². The molecule has 0 unspecified atom stereocenters. The molecule has 72 valence electrons. The molecule has 1 heterocycles. The van der Waals surface area contributed by atoms with Crippen molar-refractivity contribution in [3.63, 3.8) is 0 Å². The van der Waals surface area contributed by atoms with Gasteiger partial charge in [0.2, 0.25) is 0 Å². The molecule has 0 aliphatic heterocycles. The van der Waals surface area contributed by atoms with Gasteiger partial charge in [-0.3, -0.25) is 5.21 Å². The number of amides is 1. The van der Waals surface area contributed by atoms with Crippen LogP contribution in [0.15, 0.2) is 17.5 Å². The second kappa shape index (κ2) is 4.25. The van der Waals surface area contributed by atoms with E-state index in [1.807, 2.05) is 0 Å². The van der Waals surface area contributed by atoms with Gasteiger partial charge in [0.25, 0.3) is 0 Å². The van der Waals surface area contributed by atoms with E-state index in [-0.39, 0.29) is 6.04 Å². The van der Waals surface area contributed by atoms with Crippen molar-refractivity contribution < 1.29 is 14.7 Å². The summed E-state index contributed by atoms with van der Waals surface area (Å²) in [6.07, 6.45) is -0.752. The molecule has 13 heavy (non-hydrogen) atoms. The number of carbonyl (C=O) groups excluding carboxylic acids is 1. The first-order valence-electron chi connectivity index (χ1n) is 3.84. The van der Waals surface area contributed by atoms with Gasteiger partial charge in [0.05, 0.1) is 6.04 Å². The molecule has 1 N–H and O–H groups in total. The highest BCUT2D eigenvalue weighted by Crippen LogP contribution is 2.19. The molecule has 0 saturated carbocycles. The third kappa shape index (κ3) is 2.71. The van der Waals surface area contributed by atoms with Crippen LogP contribution in [-0.2, 0) is 0 Å². The van der Waals surface area contributed by atoms with Crippen molar-refractivity contribution >= 4 is 17.4 Å². The van der Waals surface area contributed by atoms with Crippen LogP contribution in [0.4, 0.5) is 4.79 Å². The van der Waals surface area contributed by atoms with Gasteiger partial charge in [-0.15, -0.1) is 11.3 Å². The third-order valence-corrected chi connectivity index (χ3v) is 2.10. The van der Waals surface area contributed by atoms with E-state index in [0.717, 1.165) is 0 Å². The molecule has 5 heteroatoms. The van der Waals surface area contributed by atoms with E-state index in [1.165, 1.54) is 11.3 Å². The van der Waals surface area contributed by atoms with Gasteiger partial charge in [-0.2, -0.15) is 5.06 Å². The first kappa shape index (κ1) is 10.0. The molecule has 0 bridgehead atoms. The standard InChI is InChI=1S/C8H11NO3S/c1-6(2)9(11)8(10)12-7-4-3-5-13-7/h3-6,11H,1-2H3. The molecule has 0 radical (unpaired) electrons. The summed E-state index contributed by atoms with van der Waals surface area (Å²) in [6, 6.07) is 3.15. The molecule has 1 aromatic heterocycles. The fraction of sp³-hybridized carbons (Fsp3) is 0.375. The van der Waals surface area contributed by atoms with Gasteiger partial charge in [0.15, 0.2) is 5.06 Å². The van der Waals surface area contributed by atoms with E-state index in [0.29, 0.717) is 10.1 Å². The fourth-order valence-corrected chi connectivity index (χ4v) is 1.23. The van der Waals surface area contributed by atoms with E-state index < -0.39 is 6.09 Å². The number of carbonyl (C=O) groups is 1. The summed E-state index contributed by atoms with van der Waals surface area (Å²) in [4.78, 5) is 11.1. The molecule has 4 nitrogen and oxygen atoms in total. The first-order valence-corrected chi connectivity index (χ1v) is 4.72. The Kier molecular flexibility index (Phi) is 3.27. The Hall–Kier alpha value is -1.07. The predicted octanol–water partition coefficient (Wildman–Crippen LogP) is 2.35. The maximum Gasteiger partial charge on any atom is 0.440 e. The molecular formula is C8H11NO3S. The number of hydroxylamine groups is 2. The monoisotopic (exact) mass is 201 g/mol. The Bertz CT molecular complexity index is 271. The highest BCUT2D eigenvalue weighted by molar-refractivity contribution is 7.11. The number of hydrogen-bond donors (Lipinski definition) is 1. The van der Waals surface area contributed by atoms with Gasteiger partial charge in [0, 0.05) is 0 Å². The Morgan fingerprint density at radius 1 is 1.69 bits per heavy atom. The fourth-order valence-electron chi connectivity index (χ4n) is 0.665. The summed E-state index contributed by atoms with van der Waals surface area (Å²) in [5.41, 5.74) is 0. The lowest BCUT2D eigenvalue weighted by Gasteiger charge is -2.17. The number of thiophene rings is 1. The second-order valence-electron chi connectivity index (χ2n) is 2.74. The summed E-state index contributed by atoms with van der Waals surface area (Å²) < 4.78 is 4.83. The lowest BCUT2D eigenvalue weighted by molar-refractivity contribution is -0.0830. The predicted molar refractivity (Wildman–Crippen MR) is 49.1 cm³/mol. The van der Waals surface area contributed by atoms with E-state index in [2.05, 4.69) is 0 Å². The van der Waals surface area contributed by atoms with Crippen LogP contribution in [-0.4, -0.2) is 22.4 Å². The summed E-state index contributed by atoms with van der Waals surface area (Å²) >= 11 is 1.30. The average molecular weight is 201 g/mol. The SMILES string of the molecule is CC(C)N(O)C(=O)Oc1cccs1. The minimum atomic E-state index is -0.752. The van der Waals surface area contributed by atoms with Crippen LogP contribution >= 0.6 is 11.3 Å². The zero-order valence-electron chi connectivity index (χ0n) is 7.43. The van der Waals surface area contributed by atoms with Crippen LogP contribution in [0.1, 0.15) is 13.8 Å². The zero-order chi connectivity index (χ0) is 9.84. The Labute approximate surface area is 80.3 Å². The summed E-state index contributed by atoms with van der Waals surface area (Å²) in [5.74, 6) is 0. The third-order valence-electron chi connectivity index (χ3n) is 1.36. The summed E-state index contributed by atoms with van der Waals surface area (Å²) in [6.45, 7) is 3.38. The largest absolute Gasteiger partial charge is 0.440 e. The molecule has 0 aliphatic carbocycles. The van der Waals surface area contributed by atoms with E-state index in [1.54, 1.807) is 31.4 Å². The molecule has 0 spiro atoms. The molecular weight excluding hydrogens is 190 g/mol. The van der Waals surface area contributed by atoms with Crippen LogP contribution in [0.3, 0.4) is 0 Å². The van der Waals surface area contributed by atoms with Crippen LogP contribution in [0, 0.1) is 0 Å². The quantitative estimate of drug-likeness (QED) is 0.590. The normalized spacial score (nSPS) is 10.2. The maximum atomic E-state index is 11.1. The first-order chi connectivity index (χ1) is 6.11. The number of ether oxygens (including phenoxy) is 1. The van der Waals surface area contributed by atoms with Crippen molar-refractivity contribution in [2.24, 2.45) is 0 Å². The van der Waals surface area contributed by atoms with Crippen molar-refractivity contribution in [1.29, 1.82) is 0 Å². The Balaban J connectivity index is 2.51. The molecule has 0 fully saturated rings. The van der Waals surface area contributed by atoms with Gasteiger partial charge in [-0.1, -0.05) is 0 Å². The van der Waals surface area contributed by atoms with Gasteiger partial charge >= 0.3 is 6.09 Å². The molecule has 0 saturated heterocycles. The van der Waals surface area contributed by atoms with Crippen LogP contribution < -0.4 is 4.74 Å². The van der Waals surface area contributed by atoms with Crippen molar-refractivity contribution in [1.82, 2.24) is 5.06 Å². The smallest absolute Gasteiger partial charge is 0.398 e. The minimum absolute atomic E-state index is 0.285. The molecule has 1 amide bonds. The highest BCUT2D eigenvalue weighted by atomic mass is 32.1. The second-order valence-corrected chi connectivity index (χ2v) is 3.65. The van der Waals surface area contributed by atoms with Crippen molar-refractivity contribution in [3.8, 4) is 5.06 Å². The van der Waals surface area contributed by atoms with Crippen molar-refractivity contribution in [2.75, 3.05) is 0 Å². The van der Waals surface area contributed by atoms with Crippen molar-refractivity contribution in [2.45, 2.75) is 19.9 Å². The average Bonchev–Trinajstić information content (AvgIpc) is 2.55. The number of rotatable bonds is 2. The molecule has 1 rings (SSSR count). The lowest BCUT2D eigenvalue weighted by Crippen LogP contribution is -2.35. The zero-order valence-corrected chi connectivity index (χ0v) is 8.25. The van der Waals surface area contributed by atoms with Crippen LogP contribution in [0.25, 0.3) is 0 Å². The molecule has 0 aromatic carbocycles. The molecule has 0 aliphatic rings. The van der Waals surface area contributed by atoms with E-state index in [4.69, 9.17) is 9.94 Å². The number of hydrogen-bond acceptors (Lipinski definition) is 4. The van der Waals surface area contributed by atoms with Crippen LogP contribution in [0.2, 0.25) is 0 Å². The summed E-state index contributed by atoms with van der Waals surface area (Å²) in [5, 5.41) is 12.0. The van der Waals surface area contributed by atoms with Gasteiger partial charge in [-0.05, 0) is 31.4 Å². The van der Waals surface area contributed by atoms with Crippen molar-refractivity contribution in [3.05, 3.63) is 17.5 Å². The summed E-state index contributed by atoms with van der Waals surface area (Å²) in [7, 11) is 0. The maximum absolute atomic E-state index is 11.1. The van der Waals surface area contributed by atoms with Gasteiger partial charge < -0.3 is 4.74 Å². The number of nitrogens with zero attached hydrogens (tertiary/aromatic N) is 1. The minimum Gasteiger partial charge on any atom is -0.398 e. The van der Waals surface area contributed by atoms with Gasteiger partial charge in [0.1, 0.15) is 0 Å². The Morgan fingerprint density at radius 2 is 2.38 bits per heavy atom. The van der Waals surface area contributed by atoms with E-state index in [9.17, 15) is 4.79 Å². The molecule has 1 aromatic rings. The highest BCUT2D eigenvalue weighted by Gasteiger charge is 2.16.